The maximum atomic E-state index is 14.8. The molecule has 17 heteroatoms. The average molecular weight is 1110 g/mol. The van der Waals surface area contributed by atoms with Crippen LogP contribution < -0.4 is 9.47 Å². The molecule has 422 valence electrons. The van der Waals surface area contributed by atoms with E-state index in [4.69, 9.17) is 47.4 Å². The van der Waals surface area contributed by atoms with Crippen molar-refractivity contribution < 1.29 is 76.4 Å². The maximum Gasteiger partial charge on any atom is 0.338 e. The van der Waals surface area contributed by atoms with E-state index in [-0.39, 0.29) is 46.8 Å². The molecule has 0 aromatic heterocycles. The maximum absolute atomic E-state index is 14.8. The van der Waals surface area contributed by atoms with E-state index in [1.54, 1.807) is 121 Å². The lowest BCUT2D eigenvalue weighted by molar-refractivity contribution is -0.317. The predicted molar refractivity (Wildman–Crippen MR) is 296 cm³/mol. The van der Waals surface area contributed by atoms with E-state index in [1.807, 2.05) is 81.4 Å². The van der Waals surface area contributed by atoms with Crippen molar-refractivity contribution in [3.63, 3.8) is 0 Å². The van der Waals surface area contributed by atoms with Crippen LogP contribution in [0, 0.1) is 20.8 Å². The Morgan fingerprint density at radius 3 is 1.37 bits per heavy atom. The molecule has 82 heavy (non-hydrogen) atoms. The zero-order chi connectivity index (χ0) is 57.3. The highest BCUT2D eigenvalue weighted by Gasteiger charge is 2.58. The van der Waals surface area contributed by atoms with Crippen LogP contribution in [0.4, 0.5) is 0 Å². The molecule has 2 saturated heterocycles. The molecule has 10 atom stereocenters. The van der Waals surface area contributed by atoms with E-state index in [2.05, 4.69) is 0 Å². The number of carbonyl (C=O) groups is 5. The standard InChI is InChI=1S/C65H61NO16/c1-39-19-25-44(26-20-39)61(70)80-55-52(79-65(77-48-33-31-47(73-4)32-34-48)58(82-63(72)46-29-23-41(3)24-30-46)57(55)81-62(71)45-27-21-40(2)22-28-45)38-76-64-53(66-59(68)49-17-11-12-18-50(49)60(66)69)56(75-37-43-15-9-6-10-16-43)54(51(35-67)78-64)74-36-42-13-7-5-8-14-42/h5-34,51-58,64-65,67H,35-38H2,1-4H3/t51-,52-,53-,54-,55-,56-,57+,58-,64-,65-/m1/s1. The molecule has 7 aromatic rings. The van der Waals surface area contributed by atoms with Crippen LogP contribution in [0.5, 0.6) is 11.5 Å². The highest BCUT2D eigenvalue weighted by Crippen LogP contribution is 2.38. The first-order chi connectivity index (χ1) is 39.8. The lowest BCUT2D eigenvalue weighted by Gasteiger charge is -2.49. The number of hydrogen-bond acceptors (Lipinski definition) is 16. The molecule has 3 aliphatic heterocycles. The Hall–Kier alpha value is -8.55. The second-order valence-corrected chi connectivity index (χ2v) is 20.1. The second-order valence-electron chi connectivity index (χ2n) is 20.1. The molecule has 2 amide bonds. The topological polar surface area (TPSA) is 201 Å². The Morgan fingerprint density at radius 2 is 0.890 bits per heavy atom. The van der Waals surface area contributed by atoms with Crippen molar-refractivity contribution >= 4 is 29.7 Å². The summed E-state index contributed by atoms with van der Waals surface area (Å²) in [6.45, 7) is 4.28. The fourth-order valence-electron chi connectivity index (χ4n) is 9.98. The molecule has 0 spiro atoms. The van der Waals surface area contributed by atoms with Gasteiger partial charge in [0.05, 0.1) is 61.4 Å². The first kappa shape index (κ1) is 56.7. The van der Waals surface area contributed by atoms with Gasteiger partial charge in [0.25, 0.3) is 11.8 Å². The van der Waals surface area contributed by atoms with Crippen LogP contribution in [0.1, 0.15) is 79.6 Å². The molecular formula is C65H61NO16. The number of methoxy groups -OCH3 is 1. The lowest BCUT2D eigenvalue weighted by atomic mass is 9.94. The molecule has 10 rings (SSSR count). The Bertz CT molecular complexity index is 3290. The predicted octanol–water partition coefficient (Wildman–Crippen LogP) is 8.97. The molecule has 0 unspecified atom stereocenters. The normalized spacial score (nSPS) is 23.1. The van der Waals surface area contributed by atoms with Gasteiger partial charge in [0.15, 0.2) is 18.5 Å². The number of amides is 2. The summed E-state index contributed by atoms with van der Waals surface area (Å²) in [4.78, 5) is 74.1. The number of nitrogens with zero attached hydrogens (tertiary/aromatic N) is 1. The first-order valence-corrected chi connectivity index (χ1v) is 26.8. The van der Waals surface area contributed by atoms with E-state index >= 15 is 0 Å². The third-order valence-electron chi connectivity index (χ3n) is 14.4. The minimum Gasteiger partial charge on any atom is -0.497 e. The third kappa shape index (κ3) is 13.0. The van der Waals surface area contributed by atoms with Gasteiger partial charge in [-0.15, -0.1) is 0 Å². The minimum absolute atomic E-state index is 0.0226. The van der Waals surface area contributed by atoms with Crippen LogP contribution in [-0.2, 0) is 51.1 Å². The van der Waals surface area contributed by atoms with Gasteiger partial charge in [-0.25, -0.2) is 14.4 Å². The number of benzene rings is 7. The number of hydrogen-bond donors (Lipinski definition) is 1. The third-order valence-corrected chi connectivity index (χ3v) is 14.4. The number of aliphatic hydroxyl groups excluding tert-OH is 1. The molecule has 17 nitrogen and oxygen atoms in total. The summed E-state index contributed by atoms with van der Waals surface area (Å²) in [5.74, 6) is -3.26. The largest absolute Gasteiger partial charge is 0.497 e. The highest BCUT2D eigenvalue weighted by molar-refractivity contribution is 6.21. The molecular weight excluding hydrogens is 1050 g/mol. The van der Waals surface area contributed by atoms with E-state index in [0.717, 1.165) is 32.7 Å². The van der Waals surface area contributed by atoms with Crippen LogP contribution in [-0.4, -0.2) is 121 Å². The van der Waals surface area contributed by atoms with Crippen molar-refractivity contribution in [2.45, 2.75) is 95.3 Å². The molecule has 1 N–H and O–H groups in total. The number of carbonyl (C=O) groups excluding carboxylic acids is 5. The Morgan fingerprint density at radius 1 is 0.463 bits per heavy atom. The quantitative estimate of drug-likeness (QED) is 0.0430. The number of fused-ring (bicyclic) bond motifs is 1. The van der Waals surface area contributed by atoms with Crippen molar-refractivity contribution in [1.82, 2.24) is 4.90 Å². The monoisotopic (exact) mass is 1110 g/mol. The van der Waals surface area contributed by atoms with Gasteiger partial charge in [0, 0.05) is 0 Å². The molecule has 3 heterocycles. The summed E-state index contributed by atoms with van der Waals surface area (Å²) >= 11 is 0. The van der Waals surface area contributed by atoms with Crippen LogP contribution in [0.15, 0.2) is 182 Å². The number of imide groups is 1. The molecule has 0 radical (unpaired) electrons. The van der Waals surface area contributed by atoms with Gasteiger partial charge in [0.2, 0.25) is 12.4 Å². The molecule has 0 saturated carbocycles. The fraction of sp³-hybridized carbons (Fsp3) is 0.277. The molecule has 7 aromatic carbocycles. The summed E-state index contributed by atoms with van der Waals surface area (Å²) in [7, 11) is 1.50. The summed E-state index contributed by atoms with van der Waals surface area (Å²) in [6, 6.07) is 49.7. The number of aryl methyl sites for hydroxylation is 3. The smallest absolute Gasteiger partial charge is 0.338 e. The van der Waals surface area contributed by atoms with Gasteiger partial charge in [0.1, 0.15) is 42.0 Å². The Labute approximate surface area is 474 Å². The van der Waals surface area contributed by atoms with E-state index in [9.17, 15) is 29.1 Å². The molecule has 3 aliphatic rings. The van der Waals surface area contributed by atoms with Gasteiger partial charge in [-0.05, 0) is 105 Å². The van der Waals surface area contributed by atoms with Crippen LogP contribution in [0.25, 0.3) is 0 Å². The van der Waals surface area contributed by atoms with Gasteiger partial charge >= 0.3 is 17.9 Å². The molecule has 0 bridgehead atoms. The van der Waals surface area contributed by atoms with Gasteiger partial charge in [-0.3, -0.25) is 14.5 Å². The lowest BCUT2D eigenvalue weighted by Crippen LogP contribution is -2.68. The zero-order valence-electron chi connectivity index (χ0n) is 45.4. The van der Waals surface area contributed by atoms with Crippen molar-refractivity contribution in [2.24, 2.45) is 0 Å². The summed E-state index contributed by atoms with van der Waals surface area (Å²) in [5.41, 5.74) is 4.73. The van der Waals surface area contributed by atoms with Gasteiger partial charge in [-0.2, -0.15) is 0 Å². The number of aliphatic hydroxyl groups is 1. The van der Waals surface area contributed by atoms with Crippen LogP contribution in [0.3, 0.4) is 0 Å². The average Bonchev–Trinajstić information content (AvgIpc) is 4.00. The van der Waals surface area contributed by atoms with Gasteiger partial charge in [-0.1, -0.05) is 126 Å². The van der Waals surface area contributed by atoms with Crippen molar-refractivity contribution in [1.29, 1.82) is 0 Å². The van der Waals surface area contributed by atoms with Crippen molar-refractivity contribution in [3.05, 3.63) is 238 Å². The highest BCUT2D eigenvalue weighted by atomic mass is 16.7. The summed E-state index contributed by atoms with van der Waals surface area (Å²) in [6.07, 6.45) is -13.5. The zero-order valence-corrected chi connectivity index (χ0v) is 45.4. The number of rotatable bonds is 20. The Kier molecular flexibility index (Phi) is 17.9. The molecule has 2 fully saturated rings. The number of ether oxygens (including phenoxy) is 10. The van der Waals surface area contributed by atoms with Crippen molar-refractivity contribution in [2.75, 3.05) is 20.3 Å². The van der Waals surface area contributed by atoms with Crippen LogP contribution in [0.2, 0.25) is 0 Å². The Balaban J connectivity index is 1.08. The summed E-state index contributed by atoms with van der Waals surface area (Å²) in [5, 5.41) is 11.2. The summed E-state index contributed by atoms with van der Waals surface area (Å²) < 4.78 is 64.9. The van der Waals surface area contributed by atoms with Gasteiger partial charge < -0.3 is 52.5 Å². The second kappa shape index (κ2) is 25.9. The van der Waals surface area contributed by atoms with E-state index in [0.29, 0.717) is 5.75 Å². The van der Waals surface area contributed by atoms with E-state index < -0.39 is 104 Å². The first-order valence-electron chi connectivity index (χ1n) is 26.8. The SMILES string of the molecule is COc1ccc(O[C@@H]2O[C@H](CO[C@@H]3O[C@H](CO)[C@@H](OCc4ccccc4)[C@H](OCc4ccccc4)[C@H]3N3C(=O)c4ccccc4C3=O)[C@@H](OC(=O)c3ccc(C)cc3)[C@H](OC(=O)c3ccc(C)cc3)[C@H]2OC(=O)c2ccc(C)cc2)cc1. The number of esters is 3. The van der Waals surface area contributed by atoms with Crippen LogP contribution >= 0.6 is 0 Å². The minimum atomic E-state index is -1.72. The van der Waals surface area contributed by atoms with Crippen molar-refractivity contribution in [3.8, 4) is 11.5 Å². The fourth-order valence-corrected chi connectivity index (χ4v) is 9.98. The molecule has 0 aliphatic carbocycles. The van der Waals surface area contributed by atoms with E-state index in [1.165, 1.54) is 7.11 Å².